The molecule has 0 saturated heterocycles. The van der Waals surface area contributed by atoms with Crippen molar-refractivity contribution in [2.24, 2.45) is 0 Å². The number of H-pyrrole nitrogens is 1. The van der Waals surface area contributed by atoms with Crippen LogP contribution >= 0.6 is 0 Å². The van der Waals surface area contributed by atoms with Crippen molar-refractivity contribution in [2.75, 3.05) is 33.8 Å². The van der Waals surface area contributed by atoms with E-state index in [-0.39, 0.29) is 12.5 Å². The molecule has 0 unspecified atom stereocenters. The van der Waals surface area contributed by atoms with Crippen molar-refractivity contribution in [3.63, 3.8) is 0 Å². The zero-order valence-electron chi connectivity index (χ0n) is 11.4. The summed E-state index contributed by atoms with van der Waals surface area (Å²) >= 11 is 0. The van der Waals surface area contributed by atoms with Gasteiger partial charge in [0.15, 0.2) is 0 Å². The molecule has 1 aromatic heterocycles. The molecule has 18 heavy (non-hydrogen) atoms. The lowest BCUT2D eigenvalue weighted by Gasteiger charge is -2.19. The van der Waals surface area contributed by atoms with E-state index in [2.05, 4.69) is 16.8 Å². The lowest BCUT2D eigenvalue weighted by atomic mass is 10.3. The Morgan fingerprint density at radius 1 is 1.33 bits per heavy atom. The molecule has 0 fully saturated rings. The van der Waals surface area contributed by atoms with Crippen molar-refractivity contribution in [1.29, 1.82) is 0 Å². The highest BCUT2D eigenvalue weighted by atomic mass is 16.3. The Kier molecular flexibility index (Phi) is 5.88. The van der Waals surface area contributed by atoms with Crippen LogP contribution in [0.5, 0.6) is 0 Å². The number of aromatic amines is 1. The summed E-state index contributed by atoms with van der Waals surface area (Å²) in [5.41, 5.74) is 1.61. The third kappa shape index (κ3) is 4.16. The fourth-order valence-electron chi connectivity index (χ4n) is 1.87. The van der Waals surface area contributed by atoms with Crippen molar-refractivity contribution < 1.29 is 9.90 Å². The normalized spacial score (nSPS) is 10.9. The molecule has 0 aromatic carbocycles. The molecule has 0 aliphatic heterocycles. The summed E-state index contributed by atoms with van der Waals surface area (Å²) < 4.78 is 0. The Hall–Kier alpha value is -1.33. The molecule has 1 amide bonds. The maximum absolute atomic E-state index is 11.7. The molecule has 0 aliphatic rings. The van der Waals surface area contributed by atoms with Crippen LogP contribution in [0, 0.1) is 0 Å². The molecular weight excluding hydrogens is 230 g/mol. The van der Waals surface area contributed by atoms with Gasteiger partial charge in [0.25, 0.3) is 5.91 Å². The number of aliphatic hydroxyl groups excluding tert-OH is 1. The van der Waals surface area contributed by atoms with Gasteiger partial charge in [0, 0.05) is 32.9 Å². The van der Waals surface area contributed by atoms with Crippen molar-refractivity contribution in [2.45, 2.75) is 19.9 Å². The van der Waals surface area contributed by atoms with Crippen LogP contribution in [0.2, 0.25) is 0 Å². The standard InChI is InChI=1S/C13H23N3O2/c1-4-7-16(8-9-17)10-11-5-6-12(14-11)13(18)15(2)3/h5-6,14,17H,4,7-10H2,1-3H3. The van der Waals surface area contributed by atoms with Gasteiger partial charge >= 0.3 is 0 Å². The van der Waals surface area contributed by atoms with Gasteiger partial charge in [-0.05, 0) is 25.1 Å². The fraction of sp³-hybridized carbons (Fsp3) is 0.615. The van der Waals surface area contributed by atoms with Gasteiger partial charge in [0.05, 0.1) is 6.61 Å². The molecule has 5 heteroatoms. The highest BCUT2D eigenvalue weighted by Crippen LogP contribution is 2.07. The Balaban J connectivity index is 2.64. The number of aliphatic hydroxyl groups is 1. The molecule has 1 heterocycles. The number of nitrogens with zero attached hydrogens (tertiary/aromatic N) is 2. The smallest absolute Gasteiger partial charge is 0.269 e. The second-order valence-corrected chi connectivity index (χ2v) is 4.60. The van der Waals surface area contributed by atoms with E-state index >= 15 is 0 Å². The van der Waals surface area contributed by atoms with Crippen molar-refractivity contribution in [1.82, 2.24) is 14.8 Å². The number of rotatable bonds is 7. The number of carbonyl (C=O) groups is 1. The summed E-state index contributed by atoms with van der Waals surface area (Å²) in [6, 6.07) is 3.73. The minimum Gasteiger partial charge on any atom is -0.395 e. The van der Waals surface area contributed by atoms with E-state index < -0.39 is 0 Å². The van der Waals surface area contributed by atoms with Crippen LogP contribution in [0.3, 0.4) is 0 Å². The van der Waals surface area contributed by atoms with Gasteiger partial charge in [-0.25, -0.2) is 0 Å². The quantitative estimate of drug-likeness (QED) is 0.759. The molecule has 102 valence electrons. The van der Waals surface area contributed by atoms with Crippen LogP contribution in [-0.4, -0.2) is 59.6 Å². The predicted molar refractivity (Wildman–Crippen MR) is 71.5 cm³/mol. The van der Waals surface area contributed by atoms with E-state index in [0.717, 1.165) is 25.2 Å². The first-order valence-corrected chi connectivity index (χ1v) is 6.31. The van der Waals surface area contributed by atoms with Gasteiger partial charge in [-0.3, -0.25) is 9.69 Å². The van der Waals surface area contributed by atoms with Gasteiger partial charge < -0.3 is 15.0 Å². The lowest BCUT2D eigenvalue weighted by molar-refractivity contribution is 0.0822. The minimum absolute atomic E-state index is 0.0227. The third-order valence-electron chi connectivity index (χ3n) is 2.73. The van der Waals surface area contributed by atoms with Crippen molar-refractivity contribution >= 4 is 5.91 Å². The van der Waals surface area contributed by atoms with Crippen LogP contribution in [0.4, 0.5) is 0 Å². The highest BCUT2D eigenvalue weighted by Gasteiger charge is 2.11. The molecule has 0 radical (unpaired) electrons. The van der Waals surface area contributed by atoms with Gasteiger partial charge in [-0.1, -0.05) is 6.92 Å². The molecule has 0 aliphatic carbocycles. The summed E-state index contributed by atoms with van der Waals surface area (Å²) in [6.07, 6.45) is 1.05. The second-order valence-electron chi connectivity index (χ2n) is 4.60. The Bertz CT molecular complexity index is 368. The summed E-state index contributed by atoms with van der Waals surface area (Å²) in [5.74, 6) is -0.0227. The zero-order valence-corrected chi connectivity index (χ0v) is 11.4. The molecule has 1 rings (SSSR count). The first-order valence-electron chi connectivity index (χ1n) is 6.31. The van der Waals surface area contributed by atoms with E-state index in [1.165, 1.54) is 0 Å². The first-order chi connectivity index (χ1) is 8.58. The second kappa shape index (κ2) is 7.18. The molecule has 1 aromatic rings. The molecule has 0 saturated carbocycles. The van der Waals surface area contributed by atoms with Gasteiger partial charge in [0.1, 0.15) is 5.69 Å². The van der Waals surface area contributed by atoms with Crippen LogP contribution in [0.25, 0.3) is 0 Å². The van der Waals surface area contributed by atoms with E-state index in [4.69, 9.17) is 5.11 Å². The summed E-state index contributed by atoms with van der Waals surface area (Å²) in [7, 11) is 3.47. The van der Waals surface area contributed by atoms with E-state index in [0.29, 0.717) is 12.2 Å². The average molecular weight is 253 g/mol. The SMILES string of the molecule is CCCN(CCO)Cc1ccc(C(=O)N(C)C)[nH]1. The number of hydrogen-bond donors (Lipinski definition) is 2. The molecule has 5 nitrogen and oxygen atoms in total. The maximum Gasteiger partial charge on any atom is 0.269 e. The maximum atomic E-state index is 11.7. The van der Waals surface area contributed by atoms with Crippen LogP contribution in [-0.2, 0) is 6.54 Å². The number of aromatic nitrogens is 1. The minimum atomic E-state index is -0.0227. The Labute approximate surface area is 108 Å². The molecular formula is C13H23N3O2. The summed E-state index contributed by atoms with van der Waals surface area (Å²) in [5, 5.41) is 8.99. The number of nitrogens with one attached hydrogen (secondary N) is 1. The molecule has 0 atom stereocenters. The predicted octanol–water partition coefficient (Wildman–Crippen LogP) is 0.921. The van der Waals surface area contributed by atoms with Crippen LogP contribution < -0.4 is 0 Å². The average Bonchev–Trinajstić information content (AvgIpc) is 2.77. The van der Waals surface area contributed by atoms with Crippen molar-refractivity contribution in [3.05, 3.63) is 23.5 Å². The molecule has 0 bridgehead atoms. The monoisotopic (exact) mass is 253 g/mol. The number of carbonyl (C=O) groups excluding carboxylic acids is 1. The molecule has 0 spiro atoms. The van der Waals surface area contributed by atoms with Gasteiger partial charge in [0.2, 0.25) is 0 Å². The fourth-order valence-corrected chi connectivity index (χ4v) is 1.87. The van der Waals surface area contributed by atoms with E-state index in [1.807, 2.05) is 6.07 Å². The summed E-state index contributed by atoms with van der Waals surface area (Å²) in [6.45, 7) is 4.60. The highest BCUT2D eigenvalue weighted by molar-refractivity contribution is 5.92. The zero-order chi connectivity index (χ0) is 13.5. The van der Waals surface area contributed by atoms with Crippen molar-refractivity contribution in [3.8, 4) is 0 Å². The molecule has 2 N–H and O–H groups in total. The topological polar surface area (TPSA) is 59.6 Å². The first kappa shape index (κ1) is 14.7. The van der Waals surface area contributed by atoms with Gasteiger partial charge in [-0.15, -0.1) is 0 Å². The number of amides is 1. The Morgan fingerprint density at radius 3 is 2.61 bits per heavy atom. The van der Waals surface area contributed by atoms with Crippen LogP contribution in [0.1, 0.15) is 29.5 Å². The third-order valence-corrected chi connectivity index (χ3v) is 2.73. The lowest BCUT2D eigenvalue weighted by Crippen LogP contribution is -2.27. The number of hydrogen-bond acceptors (Lipinski definition) is 3. The van der Waals surface area contributed by atoms with E-state index in [9.17, 15) is 4.79 Å². The van der Waals surface area contributed by atoms with Crippen LogP contribution in [0.15, 0.2) is 12.1 Å². The summed E-state index contributed by atoms with van der Waals surface area (Å²) in [4.78, 5) is 18.6. The largest absolute Gasteiger partial charge is 0.395 e. The van der Waals surface area contributed by atoms with E-state index in [1.54, 1.807) is 25.1 Å². The Morgan fingerprint density at radius 2 is 2.06 bits per heavy atom. The van der Waals surface area contributed by atoms with Gasteiger partial charge in [-0.2, -0.15) is 0 Å².